The minimum atomic E-state index is -4.63. The van der Waals surface area contributed by atoms with Crippen molar-refractivity contribution in [1.82, 2.24) is 14.5 Å². The van der Waals surface area contributed by atoms with E-state index in [0.29, 0.717) is 55.4 Å². The molecule has 1 aromatic carbocycles. The molecule has 5 rings (SSSR count). The van der Waals surface area contributed by atoms with Crippen LogP contribution in [-0.4, -0.2) is 53.8 Å². The van der Waals surface area contributed by atoms with Crippen molar-refractivity contribution in [2.45, 2.75) is 44.0 Å². The van der Waals surface area contributed by atoms with Crippen LogP contribution < -0.4 is 9.74 Å². The minimum Gasteiger partial charge on any atom is -0.387 e. The van der Waals surface area contributed by atoms with Crippen LogP contribution in [-0.2, 0) is 32.5 Å². The summed E-state index contributed by atoms with van der Waals surface area (Å²) >= 11 is 7.80. The molecule has 0 radical (unpaired) electrons. The van der Waals surface area contributed by atoms with E-state index in [9.17, 15) is 31.2 Å². The van der Waals surface area contributed by atoms with Crippen LogP contribution in [0.15, 0.2) is 51.9 Å². The molecule has 1 amide bonds. The fraction of sp³-hybridized carbons (Fsp3) is 0.385. The molecule has 0 saturated carbocycles. The number of pyridine rings is 1. The molecule has 1 saturated heterocycles. The molecule has 224 valence electrons. The maximum Gasteiger partial charge on any atom is 0.416 e. The van der Waals surface area contributed by atoms with Crippen LogP contribution in [0, 0.1) is 0 Å². The van der Waals surface area contributed by atoms with E-state index in [4.69, 9.17) is 25.6 Å². The molecule has 2 aromatic heterocycles. The average molecular weight is 645 g/mol. The fourth-order valence-electron chi connectivity index (χ4n) is 4.79. The highest BCUT2D eigenvalue weighted by molar-refractivity contribution is 7.86. The van der Waals surface area contributed by atoms with Crippen molar-refractivity contribution in [3.63, 3.8) is 0 Å². The number of likely N-dealkylation sites (tertiary alicyclic amines) is 1. The van der Waals surface area contributed by atoms with Gasteiger partial charge in [0.25, 0.3) is 5.56 Å². The molecule has 10 nitrogen and oxygen atoms in total. The van der Waals surface area contributed by atoms with Gasteiger partial charge in [-0.15, -0.1) is 11.3 Å². The van der Waals surface area contributed by atoms with Gasteiger partial charge in [-0.25, -0.2) is 4.98 Å². The van der Waals surface area contributed by atoms with Gasteiger partial charge in [0.2, 0.25) is 5.91 Å². The number of carbonyl (C=O) groups is 1. The lowest BCUT2D eigenvalue weighted by Crippen LogP contribution is -2.41. The molecule has 0 spiro atoms. The highest BCUT2D eigenvalue weighted by Crippen LogP contribution is 2.40. The summed E-state index contributed by atoms with van der Waals surface area (Å²) in [6, 6.07) is 5.93. The molecule has 2 aliphatic rings. The maximum absolute atomic E-state index is 12.8. The zero-order valence-corrected chi connectivity index (χ0v) is 24.4. The topological polar surface area (TPSA) is 120 Å². The van der Waals surface area contributed by atoms with Gasteiger partial charge in [0, 0.05) is 43.1 Å². The quantitative estimate of drug-likeness (QED) is 0.345. The van der Waals surface area contributed by atoms with Crippen molar-refractivity contribution in [1.29, 1.82) is 0 Å². The first-order chi connectivity index (χ1) is 19.8. The van der Waals surface area contributed by atoms with Gasteiger partial charge in [-0.1, -0.05) is 22.8 Å². The largest absolute Gasteiger partial charge is 0.416 e. The molecular weight excluding hydrogens is 621 g/mol. The summed E-state index contributed by atoms with van der Waals surface area (Å²) in [7, 11) is -3.79. The van der Waals surface area contributed by atoms with Crippen LogP contribution in [0.2, 0.25) is 5.02 Å². The molecule has 0 N–H and O–H groups in total. The summed E-state index contributed by atoms with van der Waals surface area (Å²) in [4.78, 5) is 36.7. The number of carbonyl (C=O) groups excluding carboxylic acids is 1. The first-order valence-corrected chi connectivity index (χ1v) is 15.8. The third kappa shape index (κ3) is 6.79. The molecule has 0 aliphatic carbocycles. The van der Waals surface area contributed by atoms with Crippen molar-refractivity contribution < 1.29 is 35.4 Å². The van der Waals surface area contributed by atoms with Gasteiger partial charge in [0.15, 0.2) is 11.9 Å². The van der Waals surface area contributed by atoms with E-state index in [2.05, 4.69) is 5.16 Å². The summed E-state index contributed by atoms with van der Waals surface area (Å²) in [6.45, 7) is 0.484. The van der Waals surface area contributed by atoms with Crippen molar-refractivity contribution in [3.05, 3.63) is 79.1 Å². The van der Waals surface area contributed by atoms with Crippen LogP contribution in [0.25, 0.3) is 0 Å². The Morgan fingerprint density at radius 2 is 1.98 bits per heavy atom. The van der Waals surface area contributed by atoms with Gasteiger partial charge in [0.05, 0.1) is 33.1 Å². The smallest absolute Gasteiger partial charge is 0.387 e. The number of rotatable bonds is 7. The normalized spacial score (nSPS) is 18.1. The Morgan fingerprint density at radius 1 is 1.24 bits per heavy atom. The summed E-state index contributed by atoms with van der Waals surface area (Å²) in [6.07, 6.45) is -1.83. The number of piperidine rings is 1. The molecule has 3 aromatic rings. The first-order valence-electron chi connectivity index (χ1n) is 12.7. The molecule has 42 heavy (non-hydrogen) atoms. The number of aromatic nitrogens is 2. The first kappa shape index (κ1) is 30.0. The Kier molecular flexibility index (Phi) is 8.36. The van der Waals surface area contributed by atoms with Gasteiger partial charge in [-0.2, -0.15) is 21.6 Å². The van der Waals surface area contributed by atoms with Crippen molar-refractivity contribution in [2.75, 3.05) is 19.3 Å². The standard InChI is InChI=1S/C26H24ClF3N4O6S2/c1-42(37,38)40-20-4-2-3-17(27)24(20)21-12-18(32-39-21)19-14-41-25(31-19)15-5-8-33(9-6-15)23(36)13-34-10-7-16(11-22(34)35)26(28,29)30/h2-4,7,10-11,14-15,21H,5-6,8-9,12-13H2,1H3. The molecule has 1 fully saturated rings. The molecule has 4 heterocycles. The van der Waals surface area contributed by atoms with E-state index in [0.717, 1.165) is 28.1 Å². The Morgan fingerprint density at radius 3 is 2.64 bits per heavy atom. The van der Waals surface area contributed by atoms with Gasteiger partial charge in [0.1, 0.15) is 12.3 Å². The number of amides is 1. The Labute approximate surface area is 247 Å². The average Bonchev–Trinajstić information content (AvgIpc) is 3.59. The number of hydrogen-bond donors (Lipinski definition) is 0. The second-order valence-corrected chi connectivity index (χ2v) is 12.8. The van der Waals surface area contributed by atoms with Crippen molar-refractivity contribution in [3.8, 4) is 5.75 Å². The number of nitrogens with zero attached hydrogens (tertiary/aromatic N) is 4. The number of halogens is 4. The van der Waals surface area contributed by atoms with E-state index in [-0.39, 0.29) is 29.1 Å². The van der Waals surface area contributed by atoms with Crippen molar-refractivity contribution in [2.24, 2.45) is 5.16 Å². The van der Waals surface area contributed by atoms with Gasteiger partial charge >= 0.3 is 16.3 Å². The summed E-state index contributed by atoms with van der Waals surface area (Å²) in [5.41, 5.74) is -0.384. The van der Waals surface area contributed by atoms with E-state index in [1.165, 1.54) is 17.4 Å². The summed E-state index contributed by atoms with van der Waals surface area (Å²) in [5, 5.41) is 7.15. The number of oxime groups is 1. The second-order valence-electron chi connectivity index (χ2n) is 9.88. The predicted octanol–water partition coefficient (Wildman–Crippen LogP) is 4.59. The lowest BCUT2D eigenvalue weighted by atomic mass is 9.97. The third-order valence-corrected chi connectivity index (χ3v) is 8.71. The SMILES string of the molecule is CS(=O)(=O)Oc1cccc(Cl)c1C1CC(c2csc(C3CCN(C(=O)Cn4ccc(C(F)(F)F)cc4=O)CC3)n2)=NO1. The Hall–Kier alpha value is -3.43. The molecule has 1 atom stereocenters. The fourth-order valence-corrected chi connectivity index (χ4v) is 6.55. The molecule has 16 heteroatoms. The highest BCUT2D eigenvalue weighted by atomic mass is 35.5. The zero-order valence-electron chi connectivity index (χ0n) is 22.0. The Balaban J connectivity index is 1.18. The van der Waals surface area contributed by atoms with Crippen LogP contribution in [0.3, 0.4) is 0 Å². The summed E-state index contributed by atoms with van der Waals surface area (Å²) < 4.78 is 67.9. The predicted molar refractivity (Wildman–Crippen MR) is 148 cm³/mol. The van der Waals surface area contributed by atoms with E-state index in [1.807, 2.05) is 5.38 Å². The van der Waals surface area contributed by atoms with E-state index < -0.39 is 33.5 Å². The van der Waals surface area contributed by atoms with E-state index in [1.54, 1.807) is 17.0 Å². The van der Waals surface area contributed by atoms with Gasteiger partial charge in [-0.05, 0) is 31.0 Å². The Bertz CT molecular complexity index is 1700. The lowest BCUT2D eigenvalue weighted by Gasteiger charge is -2.31. The monoisotopic (exact) mass is 644 g/mol. The van der Waals surface area contributed by atoms with Crippen LogP contribution >= 0.6 is 22.9 Å². The molecule has 1 unspecified atom stereocenters. The molecule has 0 bridgehead atoms. The minimum absolute atomic E-state index is 0.0647. The van der Waals surface area contributed by atoms with Crippen LogP contribution in [0.5, 0.6) is 5.75 Å². The highest BCUT2D eigenvalue weighted by Gasteiger charge is 2.33. The molecule has 2 aliphatic heterocycles. The van der Waals surface area contributed by atoms with E-state index >= 15 is 0 Å². The number of alkyl halides is 3. The van der Waals surface area contributed by atoms with Gasteiger partial charge in [-0.3, -0.25) is 9.59 Å². The molecular formula is C26H24ClF3N4O6S2. The van der Waals surface area contributed by atoms with Crippen molar-refractivity contribution >= 4 is 44.7 Å². The summed E-state index contributed by atoms with van der Waals surface area (Å²) in [5.74, 6) is -0.203. The number of hydrogen-bond acceptors (Lipinski definition) is 9. The number of benzene rings is 1. The van der Waals surface area contributed by atoms with Crippen LogP contribution in [0.4, 0.5) is 13.2 Å². The third-order valence-electron chi connectivity index (χ3n) is 6.89. The van der Waals surface area contributed by atoms with Crippen LogP contribution in [0.1, 0.15) is 53.1 Å². The second kappa shape index (κ2) is 11.7. The zero-order chi connectivity index (χ0) is 30.2. The maximum atomic E-state index is 12.8. The van der Waals surface area contributed by atoms with Gasteiger partial charge < -0.3 is 18.5 Å². The number of thiazole rings is 1. The lowest BCUT2D eigenvalue weighted by molar-refractivity contribution is -0.137.